The second-order valence-electron chi connectivity index (χ2n) is 13.0. The second kappa shape index (κ2) is 19.0. The van der Waals surface area contributed by atoms with Gasteiger partial charge in [-0.3, -0.25) is 10.1 Å². The van der Waals surface area contributed by atoms with E-state index in [0.29, 0.717) is 6.42 Å². The third kappa shape index (κ3) is 10.1. The molecule has 4 rings (SSSR count). The zero-order chi connectivity index (χ0) is 37.0. The minimum Gasteiger partial charge on any atom is -0.497 e. The van der Waals surface area contributed by atoms with Crippen LogP contribution < -0.4 is 14.8 Å². The minimum absolute atomic E-state index is 0.0851. The molecule has 51 heavy (non-hydrogen) atoms. The number of carbonyl (C=O) groups is 2. The zero-order valence-corrected chi connectivity index (χ0v) is 31.6. The lowest BCUT2D eigenvalue weighted by Crippen LogP contribution is -2.55. The fraction of sp³-hybridized carbons (Fsp3) is 0.462. The highest BCUT2D eigenvalue weighted by molar-refractivity contribution is 7.44. The molecular formula is C39H51N4O7P. The van der Waals surface area contributed by atoms with Crippen LogP contribution >= 0.6 is 8.53 Å². The third-order valence-corrected chi connectivity index (χ3v) is 10.9. The van der Waals surface area contributed by atoms with Gasteiger partial charge in [0.15, 0.2) is 0 Å². The van der Waals surface area contributed by atoms with Crippen LogP contribution in [0.15, 0.2) is 78.9 Å². The molecule has 2 unspecified atom stereocenters. The van der Waals surface area contributed by atoms with Gasteiger partial charge in [0.2, 0.25) is 5.91 Å². The number of ether oxygens (including phenoxy) is 3. The Balaban J connectivity index is 1.74. The Morgan fingerprint density at radius 1 is 0.882 bits per heavy atom. The summed E-state index contributed by atoms with van der Waals surface area (Å²) in [5.41, 5.74) is 1.68. The van der Waals surface area contributed by atoms with Crippen molar-refractivity contribution in [2.75, 3.05) is 40.5 Å². The van der Waals surface area contributed by atoms with Gasteiger partial charge < -0.3 is 28.2 Å². The largest absolute Gasteiger partial charge is 0.497 e. The Bertz CT molecular complexity index is 1530. The molecular weight excluding hydrogens is 667 g/mol. The molecule has 1 N–H and O–H groups in total. The maximum Gasteiger partial charge on any atom is 0.324 e. The van der Waals surface area contributed by atoms with Crippen LogP contribution in [0.2, 0.25) is 0 Å². The zero-order valence-electron chi connectivity index (χ0n) is 30.7. The summed E-state index contributed by atoms with van der Waals surface area (Å²) in [5.74, 6) is 0.783. The summed E-state index contributed by atoms with van der Waals surface area (Å²) in [4.78, 5) is 26.9. The number of rotatable bonds is 19. The van der Waals surface area contributed by atoms with Crippen molar-refractivity contribution in [3.8, 4) is 17.6 Å². The van der Waals surface area contributed by atoms with Crippen LogP contribution in [-0.2, 0) is 24.2 Å². The first kappa shape index (κ1) is 39.7. The number of nitrogens with zero attached hydrogens (tertiary/aromatic N) is 3. The molecule has 3 aromatic rings. The molecule has 0 saturated carbocycles. The van der Waals surface area contributed by atoms with E-state index in [0.717, 1.165) is 28.2 Å². The van der Waals surface area contributed by atoms with Crippen molar-refractivity contribution >= 4 is 20.5 Å². The standard InChI is InChI=1S/C39H51N4O7P/c1-28(2)43(29(3)4)51(49-24-11-23-40)50-36(27-42-26-30(5)37(44)41-38(42)45)22-25-48-39(31-12-9-8-10-13-31,32-14-18-34(46-6)19-15-32)33-16-20-35(47-7)21-17-33/h8-10,12-21,28-30,36H,11,22,24-27H2,1-7H3,(H,41,44,45)/t30?,36-,51?/m0/s1. The topological polar surface area (TPSA) is 123 Å². The SMILES string of the molecule is COc1ccc(C(OCC[C@@H](CN2CC(C)C(=O)NC2=O)OP(OCCC#N)N(C(C)C)C(C)C)(c2ccccc2)c2ccc(OC)cc2)cc1. The van der Waals surface area contributed by atoms with Gasteiger partial charge in [0.25, 0.3) is 8.53 Å². The normalized spacial score (nSPS) is 16.3. The third-order valence-electron chi connectivity index (χ3n) is 8.72. The van der Waals surface area contributed by atoms with Gasteiger partial charge in [-0.05, 0) is 75.1 Å². The van der Waals surface area contributed by atoms with Crippen LogP contribution in [0.1, 0.15) is 64.2 Å². The Morgan fingerprint density at radius 2 is 1.43 bits per heavy atom. The smallest absolute Gasteiger partial charge is 0.324 e. The molecule has 1 aliphatic rings. The lowest BCUT2D eigenvalue weighted by molar-refractivity contribution is -0.125. The number of methoxy groups -OCH3 is 2. The van der Waals surface area contributed by atoms with Crippen molar-refractivity contribution in [1.82, 2.24) is 14.9 Å². The van der Waals surface area contributed by atoms with Crippen molar-refractivity contribution in [1.29, 1.82) is 5.26 Å². The van der Waals surface area contributed by atoms with Crippen LogP contribution in [0.4, 0.5) is 4.79 Å². The molecule has 3 atom stereocenters. The molecule has 0 radical (unpaired) electrons. The Labute approximate surface area is 303 Å². The summed E-state index contributed by atoms with van der Waals surface area (Å²) in [6.45, 7) is 11.0. The Hall–Kier alpha value is -4.04. The van der Waals surface area contributed by atoms with Crippen LogP contribution in [-0.4, -0.2) is 80.2 Å². The van der Waals surface area contributed by atoms with Gasteiger partial charge in [0.05, 0.1) is 51.9 Å². The van der Waals surface area contributed by atoms with Crippen molar-refractivity contribution in [2.45, 2.75) is 71.2 Å². The fourth-order valence-electron chi connectivity index (χ4n) is 6.22. The van der Waals surface area contributed by atoms with Gasteiger partial charge in [-0.1, -0.05) is 61.5 Å². The number of nitriles is 1. The summed E-state index contributed by atoms with van der Waals surface area (Å²) in [7, 11) is 1.64. The Kier molecular flexibility index (Phi) is 14.8. The van der Waals surface area contributed by atoms with E-state index in [1.807, 2.05) is 78.9 Å². The molecule has 3 aromatic carbocycles. The highest BCUT2D eigenvalue weighted by Gasteiger charge is 2.39. The number of nitrogens with one attached hydrogen (secondary N) is 1. The fourth-order valence-corrected chi connectivity index (χ4v) is 7.96. The van der Waals surface area contributed by atoms with Gasteiger partial charge in [-0.2, -0.15) is 5.26 Å². The Morgan fingerprint density at radius 3 is 1.94 bits per heavy atom. The van der Waals surface area contributed by atoms with E-state index < -0.39 is 26.3 Å². The van der Waals surface area contributed by atoms with E-state index in [1.54, 1.807) is 26.0 Å². The van der Waals surface area contributed by atoms with Crippen molar-refractivity contribution < 1.29 is 32.8 Å². The van der Waals surface area contributed by atoms with Gasteiger partial charge in [0, 0.05) is 25.2 Å². The van der Waals surface area contributed by atoms with E-state index in [4.69, 9.17) is 23.3 Å². The number of amides is 3. The maximum absolute atomic E-state index is 13.0. The first-order valence-corrected chi connectivity index (χ1v) is 18.5. The highest BCUT2D eigenvalue weighted by Crippen LogP contribution is 2.48. The lowest BCUT2D eigenvalue weighted by Gasteiger charge is -2.40. The highest BCUT2D eigenvalue weighted by atomic mass is 31.2. The van der Waals surface area contributed by atoms with E-state index in [2.05, 4.69) is 43.8 Å². The molecule has 0 bridgehead atoms. The molecule has 274 valence electrons. The molecule has 0 aromatic heterocycles. The predicted octanol–water partition coefficient (Wildman–Crippen LogP) is 7.25. The molecule has 12 heteroatoms. The molecule has 1 fully saturated rings. The van der Waals surface area contributed by atoms with E-state index in [1.165, 1.54) is 0 Å². The van der Waals surface area contributed by atoms with Gasteiger partial charge >= 0.3 is 6.03 Å². The van der Waals surface area contributed by atoms with E-state index in [-0.39, 0.29) is 56.6 Å². The molecule has 0 spiro atoms. The number of hydrogen-bond acceptors (Lipinski definition) is 9. The molecule has 1 aliphatic heterocycles. The first-order chi connectivity index (χ1) is 24.5. The summed E-state index contributed by atoms with van der Waals surface area (Å²) >= 11 is 0. The lowest BCUT2D eigenvalue weighted by atomic mass is 9.80. The van der Waals surface area contributed by atoms with Gasteiger partial charge in [-0.25, -0.2) is 9.46 Å². The van der Waals surface area contributed by atoms with Crippen LogP contribution in [0.5, 0.6) is 11.5 Å². The maximum atomic E-state index is 13.0. The van der Waals surface area contributed by atoms with Crippen LogP contribution in [0, 0.1) is 17.2 Å². The average Bonchev–Trinajstić information content (AvgIpc) is 3.12. The molecule has 11 nitrogen and oxygen atoms in total. The number of imide groups is 1. The van der Waals surface area contributed by atoms with Gasteiger partial charge in [0.1, 0.15) is 17.1 Å². The molecule has 3 amide bonds. The predicted molar refractivity (Wildman–Crippen MR) is 197 cm³/mol. The number of carbonyl (C=O) groups excluding carboxylic acids is 2. The van der Waals surface area contributed by atoms with E-state index in [9.17, 15) is 14.9 Å². The summed E-state index contributed by atoms with van der Waals surface area (Å²) in [6.07, 6.45) is 0.0687. The number of hydrogen-bond donors (Lipinski definition) is 1. The quantitative estimate of drug-likeness (QED) is 0.0776. The molecule has 1 saturated heterocycles. The summed E-state index contributed by atoms with van der Waals surface area (Å²) < 4.78 is 33.4. The summed E-state index contributed by atoms with van der Waals surface area (Å²) in [5, 5.41) is 11.7. The second-order valence-corrected chi connectivity index (χ2v) is 14.4. The van der Waals surface area contributed by atoms with Crippen molar-refractivity contribution in [2.24, 2.45) is 5.92 Å². The van der Waals surface area contributed by atoms with E-state index >= 15 is 0 Å². The summed E-state index contributed by atoms with van der Waals surface area (Å²) in [6, 6.07) is 27.6. The van der Waals surface area contributed by atoms with Crippen LogP contribution in [0.25, 0.3) is 0 Å². The number of benzene rings is 3. The van der Waals surface area contributed by atoms with Crippen molar-refractivity contribution in [3.05, 3.63) is 95.6 Å². The van der Waals surface area contributed by atoms with Crippen LogP contribution in [0.3, 0.4) is 0 Å². The number of urea groups is 1. The average molecular weight is 719 g/mol. The monoisotopic (exact) mass is 718 g/mol. The minimum atomic E-state index is -1.63. The van der Waals surface area contributed by atoms with Gasteiger partial charge in [-0.15, -0.1) is 0 Å². The first-order valence-electron chi connectivity index (χ1n) is 17.4. The van der Waals surface area contributed by atoms with Crippen molar-refractivity contribution in [3.63, 3.8) is 0 Å². The molecule has 0 aliphatic carbocycles. The molecule has 1 heterocycles.